The topological polar surface area (TPSA) is 95.9 Å². The Labute approximate surface area is 129 Å². The highest BCUT2D eigenvalue weighted by Crippen LogP contribution is 2.33. The summed E-state index contributed by atoms with van der Waals surface area (Å²) >= 11 is 1.45. The lowest BCUT2D eigenvalue weighted by Gasteiger charge is -2.20. The van der Waals surface area contributed by atoms with Crippen LogP contribution in [-0.4, -0.2) is 51.5 Å². The summed E-state index contributed by atoms with van der Waals surface area (Å²) in [5, 5.41) is 21.2. The number of aliphatic hydroxyl groups is 1. The van der Waals surface area contributed by atoms with Gasteiger partial charge in [-0.25, -0.2) is 4.79 Å². The first-order valence-corrected chi connectivity index (χ1v) is 8.44. The molecule has 4 atom stereocenters. The standard InChI is InChI=1S/C14H25NO5S/c1-3-4-5-6-11-12(7-13(17)20-11)21-8-10(14(18)19)15-9(2)16/h10-13,17H,3-8H2,1-2H3,(H,15,16)(H,18,19)/t10-,11+,12+,13+/m0/s1. The molecule has 6 nitrogen and oxygen atoms in total. The Bertz CT molecular complexity index is 352. The first-order chi connectivity index (χ1) is 9.93. The first kappa shape index (κ1) is 18.3. The average molecular weight is 319 g/mol. The zero-order chi connectivity index (χ0) is 15.8. The number of hydrogen-bond acceptors (Lipinski definition) is 5. The van der Waals surface area contributed by atoms with Gasteiger partial charge in [-0.05, 0) is 6.42 Å². The summed E-state index contributed by atoms with van der Waals surface area (Å²) in [4.78, 5) is 22.1. The molecule has 0 aromatic heterocycles. The molecule has 0 aromatic rings. The third kappa shape index (κ3) is 6.67. The molecular formula is C14H25NO5S. The fourth-order valence-corrected chi connectivity index (χ4v) is 3.74. The molecule has 1 aliphatic rings. The van der Waals surface area contributed by atoms with Gasteiger partial charge < -0.3 is 20.3 Å². The fourth-order valence-electron chi connectivity index (χ4n) is 2.36. The highest BCUT2D eigenvalue weighted by atomic mass is 32.2. The Morgan fingerprint density at radius 1 is 1.43 bits per heavy atom. The summed E-state index contributed by atoms with van der Waals surface area (Å²) in [6.45, 7) is 3.43. The van der Waals surface area contributed by atoms with Crippen LogP contribution in [0.3, 0.4) is 0 Å². The second-order valence-electron chi connectivity index (χ2n) is 5.32. The van der Waals surface area contributed by atoms with Crippen LogP contribution in [0.2, 0.25) is 0 Å². The summed E-state index contributed by atoms with van der Waals surface area (Å²) in [7, 11) is 0. The van der Waals surface area contributed by atoms with Crippen LogP contribution in [0.25, 0.3) is 0 Å². The van der Waals surface area contributed by atoms with Crippen LogP contribution in [0.5, 0.6) is 0 Å². The molecule has 0 radical (unpaired) electrons. The summed E-state index contributed by atoms with van der Waals surface area (Å²) in [5.74, 6) is -1.12. The van der Waals surface area contributed by atoms with Crippen molar-refractivity contribution < 1.29 is 24.5 Å². The Balaban J connectivity index is 2.45. The van der Waals surface area contributed by atoms with Crippen LogP contribution in [-0.2, 0) is 14.3 Å². The van der Waals surface area contributed by atoms with E-state index in [0.29, 0.717) is 6.42 Å². The van der Waals surface area contributed by atoms with E-state index in [1.165, 1.54) is 18.7 Å². The van der Waals surface area contributed by atoms with Crippen molar-refractivity contribution in [1.29, 1.82) is 0 Å². The highest BCUT2D eigenvalue weighted by molar-refractivity contribution is 8.00. The number of unbranched alkanes of at least 4 members (excludes halogenated alkanes) is 2. The minimum absolute atomic E-state index is 0.0386. The van der Waals surface area contributed by atoms with Crippen LogP contribution in [0, 0.1) is 0 Å². The number of rotatable bonds is 9. The van der Waals surface area contributed by atoms with Crippen molar-refractivity contribution in [2.45, 2.75) is 69.6 Å². The van der Waals surface area contributed by atoms with Gasteiger partial charge in [-0.1, -0.05) is 26.2 Å². The molecule has 3 N–H and O–H groups in total. The van der Waals surface area contributed by atoms with Crippen LogP contribution in [0.15, 0.2) is 0 Å². The number of ether oxygens (including phenoxy) is 1. The normalized spacial score (nSPS) is 26.5. The van der Waals surface area contributed by atoms with E-state index >= 15 is 0 Å². The van der Waals surface area contributed by atoms with Crippen molar-refractivity contribution in [2.24, 2.45) is 0 Å². The van der Waals surface area contributed by atoms with Crippen molar-refractivity contribution in [3.05, 3.63) is 0 Å². The van der Waals surface area contributed by atoms with Crippen LogP contribution < -0.4 is 5.32 Å². The Morgan fingerprint density at radius 2 is 2.14 bits per heavy atom. The number of carbonyl (C=O) groups is 2. The number of thioether (sulfide) groups is 1. The van der Waals surface area contributed by atoms with Gasteiger partial charge in [-0.2, -0.15) is 11.8 Å². The number of amides is 1. The van der Waals surface area contributed by atoms with Gasteiger partial charge >= 0.3 is 5.97 Å². The molecule has 1 fully saturated rings. The second-order valence-corrected chi connectivity index (χ2v) is 6.60. The fraction of sp³-hybridized carbons (Fsp3) is 0.857. The zero-order valence-electron chi connectivity index (χ0n) is 12.6. The van der Waals surface area contributed by atoms with Gasteiger partial charge in [-0.3, -0.25) is 4.79 Å². The molecule has 0 saturated carbocycles. The van der Waals surface area contributed by atoms with E-state index in [-0.39, 0.29) is 23.0 Å². The molecular weight excluding hydrogens is 294 g/mol. The summed E-state index contributed by atoms with van der Waals surface area (Å²) in [5.41, 5.74) is 0. The number of carboxylic acid groups (broad SMARTS) is 1. The second kappa shape index (κ2) is 9.27. The molecule has 0 spiro atoms. The van der Waals surface area contributed by atoms with E-state index in [4.69, 9.17) is 9.84 Å². The Morgan fingerprint density at radius 3 is 2.71 bits per heavy atom. The lowest BCUT2D eigenvalue weighted by molar-refractivity contribution is -0.140. The third-order valence-electron chi connectivity index (χ3n) is 3.43. The van der Waals surface area contributed by atoms with Gasteiger partial charge in [0.15, 0.2) is 6.29 Å². The van der Waals surface area contributed by atoms with Gasteiger partial charge in [0.05, 0.1) is 6.10 Å². The molecule has 1 heterocycles. The van der Waals surface area contributed by atoms with E-state index in [2.05, 4.69) is 12.2 Å². The SMILES string of the molecule is CCCCC[C@H]1O[C@@H](O)C[C@H]1SC[C@H](NC(C)=O)C(=O)O. The first-order valence-electron chi connectivity index (χ1n) is 7.39. The van der Waals surface area contributed by atoms with Gasteiger partial charge in [0.1, 0.15) is 6.04 Å². The number of carboxylic acids is 1. The van der Waals surface area contributed by atoms with Gasteiger partial charge in [0, 0.05) is 24.3 Å². The van der Waals surface area contributed by atoms with Gasteiger partial charge in [-0.15, -0.1) is 0 Å². The Hall–Kier alpha value is -0.790. The highest BCUT2D eigenvalue weighted by Gasteiger charge is 2.35. The molecule has 1 rings (SSSR count). The molecule has 7 heteroatoms. The zero-order valence-corrected chi connectivity index (χ0v) is 13.4. The minimum Gasteiger partial charge on any atom is -0.480 e. The van der Waals surface area contributed by atoms with Crippen molar-refractivity contribution in [2.75, 3.05) is 5.75 Å². The van der Waals surface area contributed by atoms with Crippen LogP contribution in [0.4, 0.5) is 0 Å². The van der Waals surface area contributed by atoms with E-state index in [1.807, 2.05) is 0 Å². The summed E-state index contributed by atoms with van der Waals surface area (Å²) in [6, 6.07) is -0.901. The summed E-state index contributed by atoms with van der Waals surface area (Å²) < 4.78 is 5.49. The molecule has 0 aromatic carbocycles. The number of carbonyl (C=O) groups excluding carboxylic acids is 1. The van der Waals surface area contributed by atoms with Gasteiger partial charge in [0.25, 0.3) is 0 Å². The molecule has 0 bridgehead atoms. The monoisotopic (exact) mass is 319 g/mol. The number of nitrogens with one attached hydrogen (secondary N) is 1. The molecule has 1 saturated heterocycles. The van der Waals surface area contributed by atoms with E-state index in [0.717, 1.165) is 25.7 Å². The molecule has 21 heavy (non-hydrogen) atoms. The lowest BCUT2D eigenvalue weighted by Crippen LogP contribution is -2.42. The third-order valence-corrected chi connectivity index (χ3v) is 4.88. The molecule has 0 aliphatic carbocycles. The maximum Gasteiger partial charge on any atom is 0.327 e. The number of hydrogen-bond donors (Lipinski definition) is 3. The van der Waals surface area contributed by atoms with Crippen molar-refractivity contribution >= 4 is 23.6 Å². The van der Waals surface area contributed by atoms with Crippen LogP contribution >= 0.6 is 11.8 Å². The van der Waals surface area contributed by atoms with E-state index in [1.54, 1.807) is 0 Å². The molecule has 0 unspecified atom stereocenters. The molecule has 1 aliphatic heterocycles. The predicted molar refractivity (Wildman–Crippen MR) is 81.1 cm³/mol. The lowest BCUT2D eigenvalue weighted by atomic mass is 10.1. The quantitative estimate of drug-likeness (QED) is 0.555. The predicted octanol–water partition coefficient (Wildman–Crippen LogP) is 1.37. The van der Waals surface area contributed by atoms with Gasteiger partial charge in [0.2, 0.25) is 5.91 Å². The average Bonchev–Trinajstić information content (AvgIpc) is 2.74. The smallest absolute Gasteiger partial charge is 0.327 e. The van der Waals surface area contributed by atoms with Crippen molar-refractivity contribution in [1.82, 2.24) is 5.32 Å². The molecule has 122 valence electrons. The minimum atomic E-state index is -1.04. The Kier molecular flexibility index (Phi) is 8.06. The largest absolute Gasteiger partial charge is 0.480 e. The van der Waals surface area contributed by atoms with Crippen molar-refractivity contribution in [3.8, 4) is 0 Å². The maximum absolute atomic E-state index is 11.1. The van der Waals surface area contributed by atoms with E-state index in [9.17, 15) is 14.7 Å². The number of aliphatic carboxylic acids is 1. The number of aliphatic hydroxyl groups excluding tert-OH is 1. The van der Waals surface area contributed by atoms with E-state index < -0.39 is 18.3 Å². The molecule has 1 amide bonds. The summed E-state index contributed by atoms with van der Waals surface area (Å²) in [6.07, 6.45) is 3.86. The van der Waals surface area contributed by atoms with Crippen molar-refractivity contribution in [3.63, 3.8) is 0 Å². The van der Waals surface area contributed by atoms with Crippen LogP contribution in [0.1, 0.15) is 46.0 Å². The maximum atomic E-state index is 11.1.